The number of amides is 3. The van der Waals surface area contributed by atoms with Crippen LogP contribution in [0.2, 0.25) is 0 Å². The van der Waals surface area contributed by atoms with Gasteiger partial charge in [0, 0.05) is 18.7 Å². The minimum Gasteiger partial charge on any atom is -0.326 e. The molecule has 3 rings (SSSR count). The second-order valence-electron chi connectivity index (χ2n) is 6.49. The number of benzene rings is 1. The van der Waals surface area contributed by atoms with Crippen molar-refractivity contribution in [2.24, 2.45) is 11.8 Å². The van der Waals surface area contributed by atoms with Crippen molar-refractivity contribution in [3.63, 3.8) is 0 Å². The van der Waals surface area contributed by atoms with Crippen molar-refractivity contribution >= 4 is 23.4 Å². The second kappa shape index (κ2) is 6.52. The largest absolute Gasteiger partial charge is 0.326 e. The van der Waals surface area contributed by atoms with Crippen LogP contribution >= 0.6 is 0 Å². The molecule has 1 heterocycles. The Balaban J connectivity index is 1.55. The number of fused-ring (bicyclic) bond motifs is 1. The van der Waals surface area contributed by atoms with Crippen LogP contribution in [0.3, 0.4) is 0 Å². The van der Waals surface area contributed by atoms with Crippen LogP contribution in [0.5, 0.6) is 0 Å². The Kier molecular flexibility index (Phi) is 4.46. The number of anilines is 1. The molecule has 1 N–H and O–H groups in total. The Morgan fingerprint density at radius 2 is 1.65 bits per heavy atom. The van der Waals surface area contributed by atoms with E-state index in [1.807, 2.05) is 31.2 Å². The van der Waals surface area contributed by atoms with Gasteiger partial charge in [0.05, 0.1) is 11.8 Å². The highest BCUT2D eigenvalue weighted by molar-refractivity contribution is 6.05. The second-order valence-corrected chi connectivity index (χ2v) is 6.49. The number of rotatable bonds is 4. The average molecular weight is 314 g/mol. The normalized spacial score (nSPS) is 23.8. The Hall–Kier alpha value is -2.17. The van der Waals surface area contributed by atoms with E-state index >= 15 is 0 Å². The lowest BCUT2D eigenvalue weighted by molar-refractivity contribution is -0.140. The van der Waals surface area contributed by atoms with Crippen LogP contribution in [0, 0.1) is 18.8 Å². The van der Waals surface area contributed by atoms with Crippen LogP contribution in [-0.2, 0) is 14.4 Å². The smallest absolute Gasteiger partial charge is 0.233 e. The monoisotopic (exact) mass is 314 g/mol. The van der Waals surface area contributed by atoms with Crippen LogP contribution in [0.1, 0.15) is 37.7 Å². The summed E-state index contributed by atoms with van der Waals surface area (Å²) in [4.78, 5) is 38.0. The predicted octanol–water partition coefficient (Wildman–Crippen LogP) is 2.50. The van der Waals surface area contributed by atoms with Gasteiger partial charge >= 0.3 is 0 Å². The van der Waals surface area contributed by atoms with Gasteiger partial charge in [-0.2, -0.15) is 0 Å². The summed E-state index contributed by atoms with van der Waals surface area (Å²) < 4.78 is 0. The van der Waals surface area contributed by atoms with Crippen molar-refractivity contribution in [3.05, 3.63) is 29.8 Å². The Morgan fingerprint density at radius 3 is 2.22 bits per heavy atom. The molecule has 0 unspecified atom stereocenters. The number of likely N-dealkylation sites (tertiary alicyclic amines) is 1. The minimum absolute atomic E-state index is 0.0807. The zero-order chi connectivity index (χ0) is 16.4. The summed E-state index contributed by atoms with van der Waals surface area (Å²) in [5.74, 6) is -0.622. The molecule has 1 aromatic carbocycles. The molecule has 2 fully saturated rings. The Bertz CT molecular complexity index is 600. The third-order valence-corrected chi connectivity index (χ3v) is 4.83. The first-order valence-electron chi connectivity index (χ1n) is 8.28. The number of hydrogen-bond donors (Lipinski definition) is 1. The van der Waals surface area contributed by atoms with Gasteiger partial charge in [-0.1, -0.05) is 30.5 Å². The fraction of sp³-hybridized carbons (Fsp3) is 0.500. The van der Waals surface area contributed by atoms with E-state index < -0.39 is 0 Å². The molecule has 0 radical (unpaired) electrons. The summed E-state index contributed by atoms with van der Waals surface area (Å²) in [6.07, 6.45) is 3.79. The number of nitrogens with zero attached hydrogens (tertiary/aromatic N) is 1. The van der Waals surface area contributed by atoms with E-state index in [2.05, 4.69) is 5.32 Å². The van der Waals surface area contributed by atoms with E-state index in [0.717, 1.165) is 36.9 Å². The minimum atomic E-state index is -0.177. The van der Waals surface area contributed by atoms with E-state index in [-0.39, 0.29) is 42.5 Å². The number of imide groups is 1. The number of nitrogens with one attached hydrogen (secondary N) is 1. The molecule has 1 saturated heterocycles. The van der Waals surface area contributed by atoms with Crippen molar-refractivity contribution in [3.8, 4) is 0 Å². The van der Waals surface area contributed by atoms with Crippen LogP contribution in [-0.4, -0.2) is 29.2 Å². The Labute approximate surface area is 136 Å². The van der Waals surface area contributed by atoms with E-state index in [1.54, 1.807) is 0 Å². The van der Waals surface area contributed by atoms with Crippen LogP contribution in [0.15, 0.2) is 24.3 Å². The van der Waals surface area contributed by atoms with Gasteiger partial charge in [-0.15, -0.1) is 0 Å². The van der Waals surface area contributed by atoms with Gasteiger partial charge in [0.15, 0.2) is 0 Å². The third-order valence-electron chi connectivity index (χ3n) is 4.83. The maximum atomic E-state index is 12.3. The highest BCUT2D eigenvalue weighted by Gasteiger charge is 2.47. The third kappa shape index (κ3) is 3.28. The maximum absolute atomic E-state index is 12.3. The standard InChI is InChI=1S/C18H22N2O3/c1-12-6-8-13(9-7-12)19-16(21)10-11-20-17(22)14-4-2-3-5-15(14)18(20)23/h6-9,14-15H,2-5,10-11H2,1H3,(H,19,21)/t14-,15-/m1/s1. The van der Waals surface area contributed by atoms with Crippen molar-refractivity contribution < 1.29 is 14.4 Å². The van der Waals surface area contributed by atoms with E-state index in [4.69, 9.17) is 0 Å². The zero-order valence-electron chi connectivity index (χ0n) is 13.4. The van der Waals surface area contributed by atoms with E-state index in [9.17, 15) is 14.4 Å². The lowest BCUT2D eigenvalue weighted by Crippen LogP contribution is -2.34. The van der Waals surface area contributed by atoms with Crippen LogP contribution in [0.25, 0.3) is 0 Å². The van der Waals surface area contributed by atoms with Crippen molar-refractivity contribution in [1.82, 2.24) is 4.90 Å². The van der Waals surface area contributed by atoms with Crippen molar-refractivity contribution in [1.29, 1.82) is 0 Å². The van der Waals surface area contributed by atoms with Crippen LogP contribution in [0.4, 0.5) is 5.69 Å². The summed E-state index contributed by atoms with van der Waals surface area (Å²) in [7, 11) is 0. The molecule has 23 heavy (non-hydrogen) atoms. The maximum Gasteiger partial charge on any atom is 0.233 e. The zero-order valence-corrected chi connectivity index (χ0v) is 13.4. The molecule has 1 aliphatic heterocycles. The molecular weight excluding hydrogens is 292 g/mol. The summed E-state index contributed by atoms with van der Waals surface area (Å²) in [5, 5.41) is 2.80. The molecule has 0 bridgehead atoms. The summed E-state index contributed by atoms with van der Waals surface area (Å²) in [6, 6.07) is 7.53. The molecule has 0 spiro atoms. The lowest BCUT2D eigenvalue weighted by Gasteiger charge is -2.19. The highest BCUT2D eigenvalue weighted by atomic mass is 16.2. The molecule has 1 saturated carbocycles. The van der Waals surface area contributed by atoms with Gasteiger partial charge in [-0.25, -0.2) is 0 Å². The molecule has 3 amide bonds. The topological polar surface area (TPSA) is 66.5 Å². The number of carbonyl (C=O) groups is 3. The molecule has 122 valence electrons. The number of hydrogen-bond acceptors (Lipinski definition) is 3. The van der Waals surface area contributed by atoms with Gasteiger partial charge in [0.25, 0.3) is 0 Å². The number of aryl methyl sites for hydroxylation is 1. The molecular formula is C18H22N2O3. The first-order chi connectivity index (χ1) is 11.1. The quantitative estimate of drug-likeness (QED) is 0.868. The lowest BCUT2D eigenvalue weighted by atomic mass is 9.81. The van der Waals surface area contributed by atoms with Gasteiger partial charge in [0.1, 0.15) is 0 Å². The first kappa shape index (κ1) is 15.7. The molecule has 0 aromatic heterocycles. The molecule has 2 atom stereocenters. The van der Waals surface area contributed by atoms with Gasteiger partial charge < -0.3 is 5.32 Å². The van der Waals surface area contributed by atoms with Gasteiger partial charge in [-0.05, 0) is 31.9 Å². The molecule has 1 aromatic rings. The molecule has 5 nitrogen and oxygen atoms in total. The number of carbonyl (C=O) groups excluding carboxylic acids is 3. The SMILES string of the molecule is Cc1ccc(NC(=O)CCN2C(=O)[C@@H]3CCCC[C@H]3C2=O)cc1. The predicted molar refractivity (Wildman–Crippen MR) is 86.6 cm³/mol. The van der Waals surface area contributed by atoms with E-state index in [0.29, 0.717) is 0 Å². The van der Waals surface area contributed by atoms with Crippen molar-refractivity contribution in [2.45, 2.75) is 39.0 Å². The van der Waals surface area contributed by atoms with E-state index in [1.165, 1.54) is 4.90 Å². The summed E-state index contributed by atoms with van der Waals surface area (Å²) >= 11 is 0. The summed E-state index contributed by atoms with van der Waals surface area (Å²) in [5.41, 5.74) is 1.85. The summed E-state index contributed by atoms with van der Waals surface area (Å²) in [6.45, 7) is 2.16. The average Bonchev–Trinajstić information content (AvgIpc) is 2.80. The van der Waals surface area contributed by atoms with Crippen LogP contribution < -0.4 is 5.32 Å². The Morgan fingerprint density at radius 1 is 1.09 bits per heavy atom. The fourth-order valence-electron chi connectivity index (χ4n) is 3.53. The molecule has 2 aliphatic rings. The van der Waals surface area contributed by atoms with Crippen molar-refractivity contribution in [2.75, 3.05) is 11.9 Å². The molecule has 5 heteroatoms. The van der Waals surface area contributed by atoms with Gasteiger partial charge in [0.2, 0.25) is 17.7 Å². The highest BCUT2D eigenvalue weighted by Crippen LogP contribution is 2.37. The van der Waals surface area contributed by atoms with Gasteiger partial charge in [-0.3, -0.25) is 19.3 Å². The first-order valence-corrected chi connectivity index (χ1v) is 8.28. The fourth-order valence-corrected chi connectivity index (χ4v) is 3.53. The molecule has 1 aliphatic carbocycles.